The number of aryl methyl sites for hydroxylation is 1. The zero-order chi connectivity index (χ0) is 11.8. The third kappa shape index (κ3) is 2.04. The van der Waals surface area contributed by atoms with Crippen molar-refractivity contribution in [2.24, 2.45) is 17.6 Å². The first kappa shape index (κ1) is 11.0. The highest BCUT2D eigenvalue weighted by Crippen LogP contribution is 2.37. The van der Waals surface area contributed by atoms with Gasteiger partial charge in [0.05, 0.1) is 0 Å². The van der Waals surface area contributed by atoms with Crippen LogP contribution >= 0.6 is 0 Å². The Bertz CT molecular complexity index is 404. The van der Waals surface area contributed by atoms with Crippen LogP contribution in [0.1, 0.15) is 24.8 Å². The van der Waals surface area contributed by atoms with Crippen molar-refractivity contribution in [3.8, 4) is 0 Å². The molecule has 1 aliphatic heterocycles. The molecule has 2 N–H and O–H groups in total. The van der Waals surface area contributed by atoms with Crippen LogP contribution in [-0.2, 0) is 0 Å². The van der Waals surface area contributed by atoms with Gasteiger partial charge in [-0.25, -0.2) is 4.98 Å². The lowest BCUT2D eigenvalue weighted by molar-refractivity contribution is 0.260. The molecule has 0 spiro atoms. The van der Waals surface area contributed by atoms with Crippen LogP contribution in [0, 0.1) is 18.8 Å². The summed E-state index contributed by atoms with van der Waals surface area (Å²) in [6.07, 6.45) is 5.76. The van der Waals surface area contributed by atoms with Gasteiger partial charge in [0.15, 0.2) is 0 Å². The monoisotopic (exact) mass is 231 g/mol. The normalized spacial score (nSPS) is 32.6. The second kappa shape index (κ2) is 4.30. The van der Waals surface area contributed by atoms with Gasteiger partial charge in [0, 0.05) is 25.3 Å². The van der Waals surface area contributed by atoms with Crippen LogP contribution in [0.15, 0.2) is 18.3 Å². The van der Waals surface area contributed by atoms with Gasteiger partial charge in [-0.15, -0.1) is 0 Å². The molecular formula is C14H21N3. The minimum absolute atomic E-state index is 0.406. The van der Waals surface area contributed by atoms with Crippen LogP contribution in [0.25, 0.3) is 0 Å². The fourth-order valence-corrected chi connectivity index (χ4v) is 3.40. The summed E-state index contributed by atoms with van der Waals surface area (Å²) >= 11 is 0. The van der Waals surface area contributed by atoms with E-state index in [2.05, 4.69) is 28.9 Å². The Morgan fingerprint density at radius 2 is 2.24 bits per heavy atom. The van der Waals surface area contributed by atoms with Crippen molar-refractivity contribution in [1.82, 2.24) is 4.98 Å². The third-order valence-corrected chi connectivity index (χ3v) is 4.38. The molecule has 1 saturated carbocycles. The van der Waals surface area contributed by atoms with Crippen molar-refractivity contribution in [2.75, 3.05) is 18.0 Å². The smallest absolute Gasteiger partial charge is 0.128 e. The summed E-state index contributed by atoms with van der Waals surface area (Å²) in [6, 6.07) is 4.64. The predicted molar refractivity (Wildman–Crippen MR) is 70.0 cm³/mol. The van der Waals surface area contributed by atoms with Gasteiger partial charge in [0.2, 0.25) is 0 Å². The molecule has 0 radical (unpaired) electrons. The fourth-order valence-electron chi connectivity index (χ4n) is 3.40. The van der Waals surface area contributed by atoms with Gasteiger partial charge in [0.1, 0.15) is 5.82 Å². The topological polar surface area (TPSA) is 42.2 Å². The van der Waals surface area contributed by atoms with Crippen LogP contribution in [0.4, 0.5) is 5.82 Å². The second-order valence-corrected chi connectivity index (χ2v) is 5.62. The Balaban J connectivity index is 1.79. The number of pyridine rings is 1. The SMILES string of the molecule is Cc1ccnc(N2CC3CCCC(N)C3C2)c1. The third-order valence-electron chi connectivity index (χ3n) is 4.38. The molecule has 1 aliphatic carbocycles. The van der Waals surface area contributed by atoms with E-state index >= 15 is 0 Å². The number of fused-ring (bicyclic) bond motifs is 1. The molecular weight excluding hydrogens is 210 g/mol. The quantitative estimate of drug-likeness (QED) is 0.803. The molecule has 3 atom stereocenters. The molecule has 0 bridgehead atoms. The van der Waals surface area contributed by atoms with Gasteiger partial charge in [-0.1, -0.05) is 6.42 Å². The first-order valence-electron chi connectivity index (χ1n) is 6.67. The Morgan fingerprint density at radius 1 is 1.35 bits per heavy atom. The van der Waals surface area contributed by atoms with E-state index in [1.807, 2.05) is 6.20 Å². The summed E-state index contributed by atoms with van der Waals surface area (Å²) in [7, 11) is 0. The van der Waals surface area contributed by atoms with Gasteiger partial charge in [-0.05, 0) is 49.3 Å². The van der Waals surface area contributed by atoms with Crippen molar-refractivity contribution in [2.45, 2.75) is 32.2 Å². The molecule has 17 heavy (non-hydrogen) atoms. The van der Waals surface area contributed by atoms with E-state index in [0.29, 0.717) is 12.0 Å². The second-order valence-electron chi connectivity index (χ2n) is 5.62. The molecule has 2 aliphatic rings. The molecule has 1 aromatic heterocycles. The number of aromatic nitrogens is 1. The summed E-state index contributed by atoms with van der Waals surface area (Å²) < 4.78 is 0. The number of rotatable bonds is 1. The molecule has 3 nitrogen and oxygen atoms in total. The molecule has 3 heteroatoms. The summed E-state index contributed by atoms with van der Waals surface area (Å²) in [5.41, 5.74) is 7.53. The van der Waals surface area contributed by atoms with Crippen LogP contribution in [-0.4, -0.2) is 24.1 Å². The van der Waals surface area contributed by atoms with Gasteiger partial charge >= 0.3 is 0 Å². The zero-order valence-corrected chi connectivity index (χ0v) is 10.5. The van der Waals surface area contributed by atoms with Crippen molar-refractivity contribution in [3.05, 3.63) is 23.9 Å². The summed E-state index contributed by atoms with van der Waals surface area (Å²) in [6.45, 7) is 4.37. The molecule has 2 fully saturated rings. The van der Waals surface area contributed by atoms with E-state index < -0.39 is 0 Å². The standard InChI is InChI=1S/C14H21N3/c1-10-5-6-16-14(7-10)17-8-11-3-2-4-13(15)12(11)9-17/h5-7,11-13H,2-4,8-9,15H2,1H3. The Hall–Kier alpha value is -1.09. The lowest BCUT2D eigenvalue weighted by Gasteiger charge is -2.29. The highest BCUT2D eigenvalue weighted by Gasteiger charge is 2.38. The number of hydrogen-bond acceptors (Lipinski definition) is 3. The van der Waals surface area contributed by atoms with Crippen LogP contribution in [0.2, 0.25) is 0 Å². The van der Waals surface area contributed by atoms with Gasteiger partial charge in [-0.2, -0.15) is 0 Å². The van der Waals surface area contributed by atoms with Gasteiger partial charge < -0.3 is 10.6 Å². The average molecular weight is 231 g/mol. The molecule has 92 valence electrons. The molecule has 1 saturated heterocycles. The number of hydrogen-bond donors (Lipinski definition) is 1. The Labute approximate surface area is 103 Å². The molecule has 0 amide bonds. The number of anilines is 1. The maximum Gasteiger partial charge on any atom is 0.128 e. The summed E-state index contributed by atoms with van der Waals surface area (Å²) in [5, 5.41) is 0. The lowest BCUT2D eigenvalue weighted by atomic mass is 9.78. The first-order valence-corrected chi connectivity index (χ1v) is 6.67. The van der Waals surface area contributed by atoms with Crippen molar-refractivity contribution in [1.29, 1.82) is 0 Å². The van der Waals surface area contributed by atoms with Gasteiger partial charge in [-0.3, -0.25) is 0 Å². The van der Waals surface area contributed by atoms with Gasteiger partial charge in [0.25, 0.3) is 0 Å². The number of nitrogens with two attached hydrogens (primary N) is 1. The van der Waals surface area contributed by atoms with E-state index in [0.717, 1.165) is 24.8 Å². The van der Waals surface area contributed by atoms with Crippen molar-refractivity contribution >= 4 is 5.82 Å². The van der Waals surface area contributed by atoms with E-state index in [4.69, 9.17) is 5.73 Å². The Kier molecular flexibility index (Phi) is 2.79. The predicted octanol–water partition coefficient (Wildman–Crippen LogP) is 1.95. The molecule has 1 aromatic rings. The summed E-state index contributed by atoms with van der Waals surface area (Å²) in [4.78, 5) is 6.91. The average Bonchev–Trinajstić information content (AvgIpc) is 2.74. The van der Waals surface area contributed by atoms with E-state index in [1.54, 1.807) is 0 Å². The minimum Gasteiger partial charge on any atom is -0.356 e. The van der Waals surface area contributed by atoms with Crippen molar-refractivity contribution < 1.29 is 0 Å². The van der Waals surface area contributed by atoms with E-state index in [9.17, 15) is 0 Å². The lowest BCUT2D eigenvalue weighted by Crippen LogP contribution is -2.38. The molecule has 3 rings (SSSR count). The van der Waals surface area contributed by atoms with E-state index in [1.165, 1.54) is 24.8 Å². The van der Waals surface area contributed by atoms with E-state index in [-0.39, 0.29) is 0 Å². The maximum absolute atomic E-state index is 6.24. The highest BCUT2D eigenvalue weighted by atomic mass is 15.2. The summed E-state index contributed by atoms with van der Waals surface area (Å²) in [5.74, 6) is 2.61. The zero-order valence-electron chi connectivity index (χ0n) is 10.5. The van der Waals surface area contributed by atoms with Crippen LogP contribution in [0.5, 0.6) is 0 Å². The number of nitrogens with zero attached hydrogens (tertiary/aromatic N) is 2. The maximum atomic E-state index is 6.24. The molecule has 0 aromatic carbocycles. The minimum atomic E-state index is 0.406. The van der Waals surface area contributed by atoms with Crippen molar-refractivity contribution in [3.63, 3.8) is 0 Å². The highest BCUT2D eigenvalue weighted by molar-refractivity contribution is 5.42. The molecule has 2 heterocycles. The molecule has 3 unspecified atom stereocenters. The Morgan fingerprint density at radius 3 is 3.00 bits per heavy atom. The largest absolute Gasteiger partial charge is 0.356 e. The van der Waals surface area contributed by atoms with Crippen LogP contribution < -0.4 is 10.6 Å². The first-order chi connectivity index (χ1) is 8.24. The van der Waals surface area contributed by atoms with Crippen LogP contribution in [0.3, 0.4) is 0 Å². The fraction of sp³-hybridized carbons (Fsp3) is 0.643.